The van der Waals surface area contributed by atoms with Crippen LogP contribution in [0.25, 0.3) is 0 Å². The van der Waals surface area contributed by atoms with Gasteiger partial charge < -0.3 is 9.64 Å². The number of benzene rings is 2. The van der Waals surface area contributed by atoms with Gasteiger partial charge in [-0.05, 0) is 31.0 Å². The molecule has 1 amide bonds. The molecule has 6 heteroatoms. The molecule has 2 rings (SSSR count). The fourth-order valence-electron chi connectivity index (χ4n) is 2.30. The van der Waals surface area contributed by atoms with Gasteiger partial charge in [-0.1, -0.05) is 36.4 Å². The average Bonchev–Trinajstić information content (AvgIpc) is 2.58. The van der Waals surface area contributed by atoms with E-state index in [0.717, 1.165) is 11.1 Å². The van der Waals surface area contributed by atoms with Crippen molar-refractivity contribution in [2.45, 2.75) is 19.9 Å². The van der Waals surface area contributed by atoms with Gasteiger partial charge in [0.2, 0.25) is 0 Å². The molecule has 0 saturated heterocycles. The normalized spacial score (nSPS) is 11.6. The quantitative estimate of drug-likeness (QED) is 0.601. The Labute approximate surface area is 140 Å². The molecule has 0 saturated carbocycles. The minimum atomic E-state index is -0.518. The number of carbonyl (C=O) groups excluding carboxylic acids is 1. The first-order chi connectivity index (χ1) is 11.4. The Morgan fingerprint density at radius 2 is 1.92 bits per heavy atom. The molecule has 0 heterocycles. The molecule has 0 spiro atoms. The number of aryl methyl sites for hydroxylation is 1. The molecule has 0 N–H and O–H groups in total. The lowest BCUT2D eigenvalue weighted by Crippen LogP contribution is -2.33. The maximum absolute atomic E-state index is 12.3. The molecule has 126 valence electrons. The van der Waals surface area contributed by atoms with Crippen LogP contribution in [-0.2, 0) is 4.79 Å². The molecule has 2 aromatic rings. The first-order valence-corrected chi connectivity index (χ1v) is 7.58. The van der Waals surface area contributed by atoms with Gasteiger partial charge in [0.05, 0.1) is 11.0 Å². The molecule has 0 aliphatic heterocycles. The molecule has 6 nitrogen and oxygen atoms in total. The predicted molar refractivity (Wildman–Crippen MR) is 91.0 cm³/mol. The summed E-state index contributed by atoms with van der Waals surface area (Å²) in [6.07, 6.45) is 0. The molecule has 0 radical (unpaired) electrons. The first kappa shape index (κ1) is 17.5. The van der Waals surface area contributed by atoms with Gasteiger partial charge in [0.15, 0.2) is 12.4 Å². The Bertz CT molecular complexity index is 731. The van der Waals surface area contributed by atoms with Crippen LogP contribution in [-0.4, -0.2) is 29.4 Å². The van der Waals surface area contributed by atoms with Gasteiger partial charge in [-0.3, -0.25) is 14.9 Å². The number of nitrogens with zero attached hydrogens (tertiary/aromatic N) is 2. The van der Waals surface area contributed by atoms with Crippen LogP contribution in [0.2, 0.25) is 0 Å². The van der Waals surface area contributed by atoms with Crippen LogP contribution >= 0.6 is 0 Å². The van der Waals surface area contributed by atoms with E-state index in [1.54, 1.807) is 24.1 Å². The summed E-state index contributed by atoms with van der Waals surface area (Å²) in [5.41, 5.74) is 1.69. The van der Waals surface area contributed by atoms with Crippen molar-refractivity contribution >= 4 is 11.6 Å². The van der Waals surface area contributed by atoms with Crippen LogP contribution in [0, 0.1) is 17.0 Å². The zero-order valence-electron chi connectivity index (χ0n) is 13.9. The first-order valence-electron chi connectivity index (χ1n) is 7.58. The summed E-state index contributed by atoms with van der Waals surface area (Å²) in [5, 5.41) is 11.0. The number of carbonyl (C=O) groups is 1. The molecule has 0 aliphatic carbocycles. The largest absolute Gasteiger partial charge is 0.477 e. The topological polar surface area (TPSA) is 72.7 Å². The number of hydrogen-bond acceptors (Lipinski definition) is 4. The van der Waals surface area contributed by atoms with Crippen molar-refractivity contribution in [2.24, 2.45) is 0 Å². The SMILES string of the molecule is Cc1ccc([N+](=O)[O-])c(OCC(=O)N(C)C(C)c2ccccc2)c1. The van der Waals surface area contributed by atoms with Crippen molar-refractivity contribution in [3.63, 3.8) is 0 Å². The maximum atomic E-state index is 12.3. The molecule has 1 unspecified atom stereocenters. The average molecular weight is 328 g/mol. The van der Waals surface area contributed by atoms with E-state index in [9.17, 15) is 14.9 Å². The molecule has 1 atom stereocenters. The minimum Gasteiger partial charge on any atom is -0.477 e. The Balaban J connectivity index is 2.05. The summed E-state index contributed by atoms with van der Waals surface area (Å²) in [5.74, 6) is -0.142. The van der Waals surface area contributed by atoms with Crippen LogP contribution in [0.5, 0.6) is 5.75 Å². The Kier molecular flexibility index (Phi) is 5.52. The fraction of sp³-hybridized carbons (Fsp3) is 0.278. The van der Waals surface area contributed by atoms with Crippen LogP contribution in [0.4, 0.5) is 5.69 Å². The fourth-order valence-corrected chi connectivity index (χ4v) is 2.30. The Morgan fingerprint density at radius 3 is 2.54 bits per heavy atom. The Hall–Kier alpha value is -2.89. The van der Waals surface area contributed by atoms with Gasteiger partial charge in [0.1, 0.15) is 0 Å². The van der Waals surface area contributed by atoms with Crippen molar-refractivity contribution in [3.05, 3.63) is 69.8 Å². The third-order valence-corrected chi connectivity index (χ3v) is 3.92. The number of nitro benzene ring substituents is 1. The lowest BCUT2D eigenvalue weighted by molar-refractivity contribution is -0.385. The van der Waals surface area contributed by atoms with Crippen molar-refractivity contribution in [1.29, 1.82) is 0 Å². The van der Waals surface area contributed by atoms with E-state index >= 15 is 0 Å². The molecular formula is C18H20N2O4. The Morgan fingerprint density at radius 1 is 1.25 bits per heavy atom. The second-order valence-corrected chi connectivity index (χ2v) is 5.61. The van der Waals surface area contributed by atoms with E-state index in [1.165, 1.54) is 6.07 Å². The molecule has 0 aliphatic rings. The summed E-state index contributed by atoms with van der Waals surface area (Å²) < 4.78 is 5.42. The molecular weight excluding hydrogens is 308 g/mol. The molecule has 0 bridgehead atoms. The van der Waals surface area contributed by atoms with Gasteiger partial charge in [0.25, 0.3) is 5.91 Å². The lowest BCUT2D eigenvalue weighted by Gasteiger charge is -2.25. The van der Waals surface area contributed by atoms with E-state index in [4.69, 9.17) is 4.74 Å². The highest BCUT2D eigenvalue weighted by molar-refractivity contribution is 5.78. The van der Waals surface area contributed by atoms with Gasteiger partial charge >= 0.3 is 5.69 Å². The van der Waals surface area contributed by atoms with Gasteiger partial charge in [-0.15, -0.1) is 0 Å². The molecule has 2 aromatic carbocycles. The zero-order chi connectivity index (χ0) is 17.7. The second kappa shape index (κ2) is 7.59. The number of likely N-dealkylation sites (N-methyl/N-ethyl adjacent to an activating group) is 1. The molecule has 0 aromatic heterocycles. The van der Waals surface area contributed by atoms with Gasteiger partial charge in [0, 0.05) is 13.1 Å². The van der Waals surface area contributed by atoms with E-state index in [2.05, 4.69) is 0 Å². The van der Waals surface area contributed by atoms with E-state index < -0.39 is 4.92 Å². The third kappa shape index (κ3) is 4.10. The zero-order valence-corrected chi connectivity index (χ0v) is 13.9. The van der Waals surface area contributed by atoms with Gasteiger partial charge in [-0.25, -0.2) is 0 Å². The van der Waals surface area contributed by atoms with Crippen LogP contribution in [0.1, 0.15) is 24.1 Å². The summed E-state index contributed by atoms with van der Waals surface area (Å²) in [6.45, 7) is 3.47. The highest BCUT2D eigenvalue weighted by atomic mass is 16.6. The monoisotopic (exact) mass is 328 g/mol. The maximum Gasteiger partial charge on any atom is 0.310 e. The number of rotatable bonds is 6. The smallest absolute Gasteiger partial charge is 0.310 e. The molecule has 24 heavy (non-hydrogen) atoms. The van der Waals surface area contributed by atoms with Gasteiger partial charge in [-0.2, -0.15) is 0 Å². The van der Waals surface area contributed by atoms with E-state index in [0.29, 0.717) is 0 Å². The summed E-state index contributed by atoms with van der Waals surface area (Å²) in [4.78, 5) is 24.4. The summed E-state index contributed by atoms with van der Waals surface area (Å²) >= 11 is 0. The number of nitro groups is 1. The number of ether oxygens (including phenoxy) is 1. The van der Waals surface area contributed by atoms with Crippen molar-refractivity contribution < 1.29 is 14.5 Å². The summed E-state index contributed by atoms with van der Waals surface area (Å²) in [6, 6.07) is 14.1. The summed E-state index contributed by atoms with van der Waals surface area (Å²) in [7, 11) is 1.69. The number of hydrogen-bond donors (Lipinski definition) is 0. The van der Waals surface area contributed by atoms with Crippen LogP contribution in [0.15, 0.2) is 48.5 Å². The number of amides is 1. The van der Waals surface area contributed by atoms with Crippen molar-refractivity contribution in [2.75, 3.05) is 13.7 Å². The molecule has 0 fully saturated rings. The standard InChI is InChI=1S/C18H20N2O4/c1-13-9-10-16(20(22)23)17(11-13)24-12-18(21)19(3)14(2)15-7-5-4-6-8-15/h4-11,14H,12H2,1-3H3. The highest BCUT2D eigenvalue weighted by Gasteiger charge is 2.20. The lowest BCUT2D eigenvalue weighted by atomic mass is 10.1. The third-order valence-electron chi connectivity index (χ3n) is 3.92. The predicted octanol–water partition coefficient (Wildman–Crippen LogP) is 3.50. The van der Waals surface area contributed by atoms with Crippen molar-refractivity contribution in [1.82, 2.24) is 4.90 Å². The van der Waals surface area contributed by atoms with Crippen LogP contribution < -0.4 is 4.74 Å². The van der Waals surface area contributed by atoms with Crippen LogP contribution in [0.3, 0.4) is 0 Å². The minimum absolute atomic E-state index is 0.106. The van der Waals surface area contributed by atoms with E-state index in [-0.39, 0.29) is 30.0 Å². The second-order valence-electron chi connectivity index (χ2n) is 5.61. The highest BCUT2D eigenvalue weighted by Crippen LogP contribution is 2.28. The van der Waals surface area contributed by atoms with E-state index in [1.807, 2.05) is 44.2 Å². The van der Waals surface area contributed by atoms with Crippen molar-refractivity contribution in [3.8, 4) is 5.75 Å².